The topological polar surface area (TPSA) is 0 Å². The van der Waals surface area contributed by atoms with Crippen LogP contribution in [0.2, 0.25) is 0 Å². The Morgan fingerprint density at radius 3 is 1.57 bits per heavy atom. The van der Waals surface area contributed by atoms with Gasteiger partial charge >= 0.3 is 0 Å². The van der Waals surface area contributed by atoms with Gasteiger partial charge in [0.1, 0.15) is 0 Å². The molecule has 0 radical (unpaired) electrons. The summed E-state index contributed by atoms with van der Waals surface area (Å²) >= 11 is 0. The largest absolute Gasteiger partial charge is 0.0985 e. The molecule has 0 N–H and O–H groups in total. The van der Waals surface area contributed by atoms with E-state index in [0.29, 0.717) is 0 Å². The highest BCUT2D eigenvalue weighted by Gasteiger charge is 1.75. The van der Waals surface area contributed by atoms with Gasteiger partial charge in [0, 0.05) is 12.8 Å². The molecule has 0 amide bonds. The van der Waals surface area contributed by atoms with Crippen LogP contribution in [-0.4, -0.2) is 0 Å². The highest BCUT2D eigenvalue weighted by Crippen LogP contribution is 1.91. The van der Waals surface area contributed by atoms with Crippen molar-refractivity contribution in [3.63, 3.8) is 0 Å². The Hall–Kier alpha value is -1.14. The summed E-state index contributed by atoms with van der Waals surface area (Å²) in [7, 11) is 0. The van der Waals surface area contributed by atoms with Crippen molar-refractivity contribution in [3.8, 4) is 23.7 Å². The summed E-state index contributed by atoms with van der Waals surface area (Å²) in [5.41, 5.74) is 0. The lowest BCUT2D eigenvalue weighted by Gasteiger charge is -1.82. The van der Waals surface area contributed by atoms with Gasteiger partial charge < -0.3 is 0 Å². The summed E-state index contributed by atoms with van der Waals surface area (Å²) in [6, 6.07) is 0. The van der Waals surface area contributed by atoms with Gasteiger partial charge in [-0.2, -0.15) is 0 Å². The zero-order valence-corrected chi connectivity index (χ0v) is 9.40. The minimum Gasteiger partial charge on any atom is -0.0985 e. The third-order valence-corrected chi connectivity index (χ3v) is 1.76. The fourth-order valence-corrected chi connectivity index (χ4v) is 0.876. The second-order valence-electron chi connectivity index (χ2n) is 3.18. The molecule has 0 fully saturated rings. The van der Waals surface area contributed by atoms with Crippen LogP contribution >= 0.6 is 0 Å². The van der Waals surface area contributed by atoms with Crippen LogP contribution in [0.3, 0.4) is 0 Å². The van der Waals surface area contributed by atoms with Crippen LogP contribution in [0.15, 0.2) is 12.2 Å². The molecule has 0 atom stereocenters. The Bertz CT molecular complexity index is 221. The molecule has 76 valence electrons. The lowest BCUT2D eigenvalue weighted by Crippen LogP contribution is -1.66. The maximum atomic E-state index is 3.08. The van der Waals surface area contributed by atoms with Gasteiger partial charge in [0.2, 0.25) is 0 Å². The van der Waals surface area contributed by atoms with Gasteiger partial charge in [-0.15, -0.1) is 0 Å². The van der Waals surface area contributed by atoms with Crippen molar-refractivity contribution in [2.24, 2.45) is 0 Å². The molecule has 0 unspecified atom stereocenters. The van der Waals surface area contributed by atoms with E-state index in [1.54, 1.807) is 0 Å². The first-order valence-electron chi connectivity index (χ1n) is 5.53. The average molecular weight is 188 g/mol. The molecule has 0 aliphatic carbocycles. The monoisotopic (exact) mass is 188 g/mol. The van der Waals surface area contributed by atoms with E-state index in [0.717, 1.165) is 12.8 Å². The molecule has 0 spiro atoms. The average Bonchev–Trinajstić information content (AvgIpc) is 2.21. The minimum atomic E-state index is 1.00. The summed E-state index contributed by atoms with van der Waals surface area (Å²) in [6.07, 6.45) is 10.5. The lowest BCUT2D eigenvalue weighted by atomic mass is 10.2. The molecular formula is C14H20. The van der Waals surface area contributed by atoms with Gasteiger partial charge in [0.25, 0.3) is 0 Å². The van der Waals surface area contributed by atoms with Crippen molar-refractivity contribution in [1.82, 2.24) is 0 Å². The summed E-state index contributed by atoms with van der Waals surface area (Å²) in [4.78, 5) is 0. The fraction of sp³-hybridized carbons (Fsp3) is 0.571. The molecule has 0 heterocycles. The molecule has 0 aliphatic rings. The van der Waals surface area contributed by atoms with Crippen LogP contribution in [0.5, 0.6) is 0 Å². The predicted molar refractivity (Wildman–Crippen MR) is 63.7 cm³/mol. The second kappa shape index (κ2) is 11.9. The van der Waals surface area contributed by atoms with Gasteiger partial charge in [-0.3, -0.25) is 0 Å². The van der Waals surface area contributed by atoms with Crippen LogP contribution < -0.4 is 0 Å². The van der Waals surface area contributed by atoms with E-state index in [4.69, 9.17) is 0 Å². The van der Waals surface area contributed by atoms with E-state index >= 15 is 0 Å². The Balaban J connectivity index is 3.48. The van der Waals surface area contributed by atoms with Crippen LogP contribution in [0, 0.1) is 23.7 Å². The Kier molecular flexibility index (Phi) is 10.9. The van der Waals surface area contributed by atoms with Gasteiger partial charge in [-0.05, 0) is 25.0 Å². The first kappa shape index (κ1) is 12.9. The third kappa shape index (κ3) is 10.9. The van der Waals surface area contributed by atoms with Gasteiger partial charge in [0.15, 0.2) is 0 Å². The maximum Gasteiger partial charge on any atom is 0.00921 e. The molecule has 14 heavy (non-hydrogen) atoms. The molecule has 0 saturated carbocycles. The zero-order chi connectivity index (χ0) is 10.5. The second-order valence-corrected chi connectivity index (χ2v) is 3.18. The van der Waals surface area contributed by atoms with Gasteiger partial charge in [0.05, 0.1) is 0 Å². The molecule has 0 aromatic carbocycles. The molecule has 0 nitrogen and oxygen atoms in total. The quantitative estimate of drug-likeness (QED) is 0.463. The molecule has 0 aromatic rings. The summed E-state index contributed by atoms with van der Waals surface area (Å²) in [6.45, 7) is 4.35. The first-order chi connectivity index (χ1) is 6.91. The molecule has 0 saturated heterocycles. The highest BCUT2D eigenvalue weighted by atomic mass is 13.8. The van der Waals surface area contributed by atoms with E-state index in [1.807, 2.05) is 12.2 Å². The number of allylic oxidation sites excluding steroid dienone is 2. The number of unbranched alkanes of at least 4 members (excludes halogenated alkanes) is 4. The van der Waals surface area contributed by atoms with E-state index in [9.17, 15) is 0 Å². The number of hydrogen-bond donors (Lipinski definition) is 0. The SMILES string of the molecule is CCCCC#C/C=C/C#CCCCC. The van der Waals surface area contributed by atoms with Crippen molar-refractivity contribution in [2.45, 2.75) is 52.4 Å². The number of rotatable bonds is 4. The predicted octanol–water partition coefficient (Wildman–Crippen LogP) is 3.93. The van der Waals surface area contributed by atoms with E-state index < -0.39 is 0 Å². The van der Waals surface area contributed by atoms with E-state index in [2.05, 4.69) is 37.5 Å². The molecule has 0 heteroatoms. The van der Waals surface area contributed by atoms with Crippen LogP contribution in [0.25, 0.3) is 0 Å². The Labute approximate surface area is 88.8 Å². The van der Waals surface area contributed by atoms with Crippen LogP contribution in [0.4, 0.5) is 0 Å². The summed E-state index contributed by atoms with van der Waals surface area (Å²) < 4.78 is 0. The number of hydrogen-bond acceptors (Lipinski definition) is 0. The molecule has 0 bridgehead atoms. The normalized spacial score (nSPS) is 9.00. The molecule has 0 rings (SSSR count). The third-order valence-electron chi connectivity index (χ3n) is 1.76. The summed E-state index contributed by atoms with van der Waals surface area (Å²) in [5.74, 6) is 12.1. The standard InChI is InChI=1S/C14H20/c1-3-5-7-9-11-13-14-12-10-8-6-4-2/h13-14H,3-8H2,1-2H3/b14-13+. The maximum absolute atomic E-state index is 3.08. The zero-order valence-electron chi connectivity index (χ0n) is 9.40. The Morgan fingerprint density at radius 2 is 1.21 bits per heavy atom. The van der Waals surface area contributed by atoms with Crippen molar-refractivity contribution < 1.29 is 0 Å². The minimum absolute atomic E-state index is 1.00. The lowest BCUT2D eigenvalue weighted by molar-refractivity contribution is 0.828. The van der Waals surface area contributed by atoms with Gasteiger partial charge in [-0.1, -0.05) is 50.4 Å². The summed E-state index contributed by atoms with van der Waals surface area (Å²) in [5, 5.41) is 0. The van der Waals surface area contributed by atoms with Gasteiger partial charge in [-0.25, -0.2) is 0 Å². The molecular weight excluding hydrogens is 168 g/mol. The van der Waals surface area contributed by atoms with Crippen LogP contribution in [-0.2, 0) is 0 Å². The first-order valence-corrected chi connectivity index (χ1v) is 5.53. The van der Waals surface area contributed by atoms with E-state index in [-0.39, 0.29) is 0 Å². The molecule has 0 aliphatic heterocycles. The molecule has 0 aromatic heterocycles. The van der Waals surface area contributed by atoms with Crippen LogP contribution in [0.1, 0.15) is 52.4 Å². The Morgan fingerprint density at radius 1 is 0.786 bits per heavy atom. The van der Waals surface area contributed by atoms with Crippen molar-refractivity contribution in [1.29, 1.82) is 0 Å². The smallest absolute Gasteiger partial charge is 0.00921 e. The van der Waals surface area contributed by atoms with Crippen molar-refractivity contribution in [3.05, 3.63) is 12.2 Å². The van der Waals surface area contributed by atoms with Crippen molar-refractivity contribution >= 4 is 0 Å². The highest BCUT2D eigenvalue weighted by molar-refractivity contribution is 5.24. The van der Waals surface area contributed by atoms with Crippen molar-refractivity contribution in [2.75, 3.05) is 0 Å². The van der Waals surface area contributed by atoms with E-state index in [1.165, 1.54) is 25.7 Å². The fourth-order valence-electron chi connectivity index (χ4n) is 0.876.